The minimum atomic E-state index is 0.118. The number of thioether (sulfide) groups is 1. The van der Waals surface area contributed by atoms with E-state index in [-0.39, 0.29) is 5.54 Å². The first-order chi connectivity index (χ1) is 7.15. The Kier molecular flexibility index (Phi) is 3.38. The molecular formula is C11H18N2S2. The fourth-order valence-electron chi connectivity index (χ4n) is 2.23. The molecule has 1 fully saturated rings. The molecular weight excluding hydrogens is 224 g/mol. The number of nitrogens with one attached hydrogen (secondary N) is 1. The van der Waals surface area contributed by atoms with Crippen LogP contribution in [0.5, 0.6) is 0 Å². The van der Waals surface area contributed by atoms with Gasteiger partial charge in [0, 0.05) is 22.9 Å². The monoisotopic (exact) mass is 242 g/mol. The van der Waals surface area contributed by atoms with E-state index in [1.807, 2.05) is 18.0 Å². The average Bonchev–Trinajstić information content (AvgIpc) is 2.76. The van der Waals surface area contributed by atoms with Crippen LogP contribution in [0.3, 0.4) is 0 Å². The maximum absolute atomic E-state index is 4.52. The Balaban J connectivity index is 2.31. The second-order valence-corrected chi connectivity index (χ2v) is 6.71. The molecule has 0 amide bonds. The topological polar surface area (TPSA) is 24.9 Å². The number of hydrogen-bond donors (Lipinski definition) is 1. The van der Waals surface area contributed by atoms with E-state index in [0.717, 1.165) is 0 Å². The summed E-state index contributed by atoms with van der Waals surface area (Å²) >= 11 is 3.83. The van der Waals surface area contributed by atoms with Crippen LogP contribution in [0, 0.1) is 0 Å². The predicted molar refractivity (Wildman–Crippen MR) is 68.6 cm³/mol. The molecule has 15 heavy (non-hydrogen) atoms. The zero-order chi connectivity index (χ0) is 10.9. The third-order valence-electron chi connectivity index (χ3n) is 2.92. The summed E-state index contributed by atoms with van der Waals surface area (Å²) in [5.41, 5.74) is 0.118. The fourth-order valence-corrected chi connectivity index (χ4v) is 4.60. The van der Waals surface area contributed by atoms with Crippen molar-refractivity contribution in [2.45, 2.75) is 44.0 Å². The number of nitrogens with zero attached hydrogens (tertiary/aromatic N) is 1. The van der Waals surface area contributed by atoms with Crippen molar-refractivity contribution in [3.63, 3.8) is 0 Å². The first-order valence-electron chi connectivity index (χ1n) is 5.44. The van der Waals surface area contributed by atoms with Gasteiger partial charge in [0.15, 0.2) is 0 Å². The first kappa shape index (κ1) is 11.4. The van der Waals surface area contributed by atoms with Gasteiger partial charge in [0.1, 0.15) is 5.01 Å². The van der Waals surface area contributed by atoms with Crippen LogP contribution >= 0.6 is 23.1 Å². The SMILES string of the molecule is CC(C)NC1(c2nccs2)CCSC1C. The van der Waals surface area contributed by atoms with Crippen molar-refractivity contribution in [1.29, 1.82) is 0 Å². The van der Waals surface area contributed by atoms with E-state index >= 15 is 0 Å². The Morgan fingerprint density at radius 2 is 2.40 bits per heavy atom. The largest absolute Gasteiger partial charge is 0.302 e. The summed E-state index contributed by atoms with van der Waals surface area (Å²) in [6, 6.07) is 0.509. The molecule has 0 aromatic carbocycles. The molecule has 2 rings (SSSR count). The summed E-state index contributed by atoms with van der Waals surface area (Å²) in [5, 5.41) is 7.69. The highest BCUT2D eigenvalue weighted by Gasteiger charge is 2.44. The highest BCUT2D eigenvalue weighted by molar-refractivity contribution is 8.00. The maximum atomic E-state index is 4.52. The van der Waals surface area contributed by atoms with Gasteiger partial charge in [0.25, 0.3) is 0 Å². The number of aromatic nitrogens is 1. The molecule has 1 N–H and O–H groups in total. The van der Waals surface area contributed by atoms with Gasteiger partial charge in [-0.15, -0.1) is 11.3 Å². The molecule has 84 valence electrons. The second kappa shape index (κ2) is 4.44. The Morgan fingerprint density at radius 3 is 2.87 bits per heavy atom. The van der Waals surface area contributed by atoms with Gasteiger partial charge in [0.05, 0.1) is 5.54 Å². The highest BCUT2D eigenvalue weighted by atomic mass is 32.2. The Hall–Kier alpha value is -0.0600. The standard InChI is InChI=1S/C11H18N2S2/c1-8(2)13-11(4-6-14-9(11)3)10-12-5-7-15-10/h5,7-9,13H,4,6H2,1-3H3. The summed E-state index contributed by atoms with van der Waals surface area (Å²) < 4.78 is 0. The van der Waals surface area contributed by atoms with E-state index in [2.05, 4.69) is 36.5 Å². The normalized spacial score (nSPS) is 31.3. The van der Waals surface area contributed by atoms with Gasteiger partial charge in [-0.3, -0.25) is 0 Å². The van der Waals surface area contributed by atoms with Gasteiger partial charge < -0.3 is 5.32 Å². The van der Waals surface area contributed by atoms with Crippen molar-refractivity contribution in [2.75, 3.05) is 5.75 Å². The molecule has 1 aromatic heterocycles. The molecule has 4 heteroatoms. The summed E-state index contributed by atoms with van der Waals surface area (Å²) in [6.07, 6.45) is 3.12. The molecule has 2 atom stereocenters. The van der Waals surface area contributed by atoms with Crippen LogP contribution in [0.4, 0.5) is 0 Å². The van der Waals surface area contributed by atoms with Crippen LogP contribution in [0.1, 0.15) is 32.2 Å². The van der Waals surface area contributed by atoms with E-state index in [4.69, 9.17) is 0 Å². The lowest BCUT2D eigenvalue weighted by molar-refractivity contribution is 0.305. The van der Waals surface area contributed by atoms with E-state index < -0.39 is 0 Å². The summed E-state index contributed by atoms with van der Waals surface area (Å²) in [5.74, 6) is 1.24. The van der Waals surface area contributed by atoms with E-state index in [9.17, 15) is 0 Å². The molecule has 1 aliphatic rings. The van der Waals surface area contributed by atoms with Crippen molar-refractivity contribution >= 4 is 23.1 Å². The Bertz CT molecular complexity index is 310. The zero-order valence-corrected chi connectivity index (χ0v) is 11.1. The lowest BCUT2D eigenvalue weighted by atomic mass is 9.92. The molecule has 1 saturated heterocycles. The number of rotatable bonds is 3. The van der Waals surface area contributed by atoms with Crippen LogP contribution in [0.2, 0.25) is 0 Å². The molecule has 1 aliphatic heterocycles. The van der Waals surface area contributed by atoms with Crippen LogP contribution in [0.15, 0.2) is 11.6 Å². The third-order valence-corrected chi connectivity index (χ3v) is 5.21. The van der Waals surface area contributed by atoms with Crippen LogP contribution < -0.4 is 5.32 Å². The molecule has 0 saturated carbocycles. The van der Waals surface area contributed by atoms with Crippen molar-refractivity contribution < 1.29 is 0 Å². The maximum Gasteiger partial charge on any atom is 0.114 e. The fraction of sp³-hybridized carbons (Fsp3) is 0.727. The lowest BCUT2D eigenvalue weighted by Crippen LogP contribution is -2.49. The lowest BCUT2D eigenvalue weighted by Gasteiger charge is -2.34. The average molecular weight is 242 g/mol. The summed E-state index contributed by atoms with van der Waals surface area (Å²) in [4.78, 5) is 4.52. The van der Waals surface area contributed by atoms with Crippen molar-refractivity contribution in [1.82, 2.24) is 10.3 Å². The quantitative estimate of drug-likeness (QED) is 0.882. The van der Waals surface area contributed by atoms with Crippen LogP contribution in [-0.4, -0.2) is 22.0 Å². The van der Waals surface area contributed by atoms with Crippen LogP contribution in [-0.2, 0) is 5.54 Å². The molecule has 1 aromatic rings. The van der Waals surface area contributed by atoms with Crippen molar-refractivity contribution in [2.24, 2.45) is 0 Å². The Morgan fingerprint density at radius 1 is 1.60 bits per heavy atom. The van der Waals surface area contributed by atoms with Crippen molar-refractivity contribution in [3.8, 4) is 0 Å². The first-order valence-corrected chi connectivity index (χ1v) is 7.37. The number of thiazole rings is 1. The van der Waals surface area contributed by atoms with E-state index in [1.54, 1.807) is 11.3 Å². The molecule has 0 aliphatic carbocycles. The molecule has 0 bridgehead atoms. The van der Waals surface area contributed by atoms with Gasteiger partial charge in [-0.05, 0) is 26.0 Å². The smallest absolute Gasteiger partial charge is 0.114 e. The predicted octanol–water partition coefficient (Wildman–Crippen LogP) is 2.86. The molecule has 2 nitrogen and oxygen atoms in total. The van der Waals surface area contributed by atoms with Gasteiger partial charge in [-0.25, -0.2) is 4.98 Å². The highest BCUT2D eigenvalue weighted by Crippen LogP contribution is 2.44. The second-order valence-electron chi connectivity index (χ2n) is 4.37. The summed E-state index contributed by atoms with van der Waals surface area (Å²) in [7, 11) is 0. The minimum Gasteiger partial charge on any atom is -0.302 e. The molecule has 0 spiro atoms. The van der Waals surface area contributed by atoms with E-state index in [1.165, 1.54) is 17.2 Å². The molecule has 2 unspecified atom stereocenters. The third kappa shape index (κ3) is 2.08. The Labute approximate surface area is 99.9 Å². The minimum absolute atomic E-state index is 0.118. The van der Waals surface area contributed by atoms with Gasteiger partial charge in [0.2, 0.25) is 0 Å². The molecule has 2 heterocycles. The summed E-state index contributed by atoms with van der Waals surface area (Å²) in [6.45, 7) is 6.74. The van der Waals surface area contributed by atoms with Crippen LogP contribution in [0.25, 0.3) is 0 Å². The van der Waals surface area contributed by atoms with Gasteiger partial charge >= 0.3 is 0 Å². The number of hydrogen-bond acceptors (Lipinski definition) is 4. The van der Waals surface area contributed by atoms with E-state index in [0.29, 0.717) is 11.3 Å². The van der Waals surface area contributed by atoms with Gasteiger partial charge in [-0.2, -0.15) is 11.8 Å². The zero-order valence-electron chi connectivity index (χ0n) is 9.49. The van der Waals surface area contributed by atoms with Gasteiger partial charge in [-0.1, -0.05) is 6.92 Å². The molecule has 0 radical (unpaired) electrons. The van der Waals surface area contributed by atoms with Crippen molar-refractivity contribution in [3.05, 3.63) is 16.6 Å².